The molecule has 80 valence electrons. The molecule has 0 bridgehead atoms. The van der Waals surface area contributed by atoms with Gasteiger partial charge in [0.2, 0.25) is 0 Å². The lowest BCUT2D eigenvalue weighted by Crippen LogP contribution is -2.38. The second-order valence-electron chi connectivity index (χ2n) is 4.44. The van der Waals surface area contributed by atoms with Crippen molar-refractivity contribution in [3.05, 3.63) is 12.2 Å². The Morgan fingerprint density at radius 1 is 1.50 bits per heavy atom. The first-order valence-electron chi connectivity index (χ1n) is 4.73. The van der Waals surface area contributed by atoms with Gasteiger partial charge in [-0.15, -0.1) is 0 Å². The number of carbonyl (C=O) groups excluding carboxylic acids is 1. The number of alkyl carbamates (subject to hydrolysis) is 1. The van der Waals surface area contributed by atoms with Gasteiger partial charge >= 0.3 is 6.09 Å². The number of rotatable bonds is 1. The van der Waals surface area contributed by atoms with Crippen molar-refractivity contribution < 1.29 is 14.6 Å². The molecule has 0 saturated carbocycles. The zero-order valence-electron chi connectivity index (χ0n) is 8.78. The fourth-order valence-corrected chi connectivity index (χ4v) is 1.25. The molecule has 0 fully saturated rings. The number of hydrogen-bond donors (Lipinski definition) is 2. The first-order valence-corrected chi connectivity index (χ1v) is 4.73. The minimum Gasteiger partial charge on any atom is -0.444 e. The van der Waals surface area contributed by atoms with Crippen molar-refractivity contribution in [3.8, 4) is 0 Å². The standard InChI is InChI=1S/C10H17NO3/c1-10(2,3)14-9(13)11-7-4-5-8(12)6-7/h4-5,7-8,12H,6H2,1-3H3,(H,11,13)/t7-,8-/m1/s1. The van der Waals surface area contributed by atoms with Gasteiger partial charge in [-0.25, -0.2) is 4.79 Å². The molecule has 0 unspecified atom stereocenters. The van der Waals surface area contributed by atoms with Crippen LogP contribution in [0.3, 0.4) is 0 Å². The van der Waals surface area contributed by atoms with Crippen LogP contribution in [0.25, 0.3) is 0 Å². The van der Waals surface area contributed by atoms with Crippen LogP contribution in [0.4, 0.5) is 4.79 Å². The van der Waals surface area contributed by atoms with Crippen LogP contribution < -0.4 is 5.32 Å². The molecule has 2 N–H and O–H groups in total. The Labute approximate surface area is 83.9 Å². The molecule has 4 nitrogen and oxygen atoms in total. The Balaban J connectivity index is 2.32. The van der Waals surface area contributed by atoms with Crippen molar-refractivity contribution in [1.29, 1.82) is 0 Å². The molecule has 1 aliphatic carbocycles. The molecular weight excluding hydrogens is 182 g/mol. The van der Waals surface area contributed by atoms with Gasteiger partial charge in [0.1, 0.15) is 5.60 Å². The van der Waals surface area contributed by atoms with E-state index in [-0.39, 0.29) is 6.04 Å². The number of carbonyl (C=O) groups is 1. The number of aliphatic hydroxyl groups is 1. The van der Waals surface area contributed by atoms with E-state index in [0.29, 0.717) is 6.42 Å². The summed E-state index contributed by atoms with van der Waals surface area (Å²) in [6.07, 6.45) is 3.08. The number of amides is 1. The fraction of sp³-hybridized carbons (Fsp3) is 0.700. The molecule has 0 aliphatic heterocycles. The van der Waals surface area contributed by atoms with Crippen LogP contribution in [0.2, 0.25) is 0 Å². The maximum absolute atomic E-state index is 11.3. The Kier molecular flexibility index (Phi) is 3.16. The molecule has 2 atom stereocenters. The smallest absolute Gasteiger partial charge is 0.408 e. The van der Waals surface area contributed by atoms with Gasteiger partial charge in [0.25, 0.3) is 0 Å². The van der Waals surface area contributed by atoms with E-state index < -0.39 is 17.8 Å². The highest BCUT2D eigenvalue weighted by molar-refractivity contribution is 5.68. The van der Waals surface area contributed by atoms with Crippen molar-refractivity contribution in [2.24, 2.45) is 0 Å². The molecule has 1 rings (SSSR count). The van der Waals surface area contributed by atoms with E-state index in [1.54, 1.807) is 12.2 Å². The van der Waals surface area contributed by atoms with Crippen molar-refractivity contribution in [3.63, 3.8) is 0 Å². The van der Waals surface area contributed by atoms with E-state index in [2.05, 4.69) is 5.32 Å². The zero-order chi connectivity index (χ0) is 10.8. The summed E-state index contributed by atoms with van der Waals surface area (Å²) in [7, 11) is 0. The maximum Gasteiger partial charge on any atom is 0.408 e. The van der Waals surface area contributed by atoms with E-state index in [1.807, 2.05) is 20.8 Å². The van der Waals surface area contributed by atoms with E-state index in [1.165, 1.54) is 0 Å². The average Bonchev–Trinajstić information content (AvgIpc) is 2.30. The Morgan fingerprint density at radius 3 is 2.57 bits per heavy atom. The average molecular weight is 199 g/mol. The van der Waals surface area contributed by atoms with E-state index in [9.17, 15) is 4.79 Å². The fourth-order valence-electron chi connectivity index (χ4n) is 1.25. The summed E-state index contributed by atoms with van der Waals surface area (Å²) in [6, 6.07) is -0.111. The van der Waals surface area contributed by atoms with E-state index >= 15 is 0 Å². The van der Waals surface area contributed by atoms with Crippen LogP contribution in [0.5, 0.6) is 0 Å². The third-order valence-electron chi connectivity index (χ3n) is 1.76. The van der Waals surface area contributed by atoms with Crippen molar-refractivity contribution >= 4 is 6.09 Å². The van der Waals surface area contributed by atoms with Gasteiger partial charge in [-0.3, -0.25) is 0 Å². The molecular formula is C10H17NO3. The number of nitrogens with one attached hydrogen (secondary N) is 1. The Hall–Kier alpha value is -1.03. The van der Waals surface area contributed by atoms with Crippen LogP contribution in [0.15, 0.2) is 12.2 Å². The van der Waals surface area contributed by atoms with Crippen LogP contribution in [-0.2, 0) is 4.74 Å². The summed E-state index contributed by atoms with van der Waals surface area (Å²) in [5.74, 6) is 0. The zero-order valence-corrected chi connectivity index (χ0v) is 8.78. The van der Waals surface area contributed by atoms with Crippen molar-refractivity contribution in [2.75, 3.05) is 0 Å². The normalized spacial score (nSPS) is 26.3. The lowest BCUT2D eigenvalue weighted by molar-refractivity contribution is 0.0509. The second-order valence-corrected chi connectivity index (χ2v) is 4.44. The third kappa shape index (κ3) is 3.79. The minimum atomic E-state index is -0.481. The molecule has 0 aromatic heterocycles. The topological polar surface area (TPSA) is 58.6 Å². The van der Waals surface area contributed by atoms with Crippen LogP contribution in [0.1, 0.15) is 27.2 Å². The molecule has 1 amide bonds. The Morgan fingerprint density at radius 2 is 2.14 bits per heavy atom. The molecule has 0 heterocycles. The predicted octanol–water partition coefficient (Wildman–Crippen LogP) is 1.20. The van der Waals surface area contributed by atoms with Crippen LogP contribution in [0, 0.1) is 0 Å². The third-order valence-corrected chi connectivity index (χ3v) is 1.76. The van der Waals surface area contributed by atoms with E-state index in [0.717, 1.165) is 0 Å². The first-order chi connectivity index (χ1) is 6.37. The highest BCUT2D eigenvalue weighted by Crippen LogP contribution is 2.12. The van der Waals surface area contributed by atoms with Gasteiger partial charge in [-0.1, -0.05) is 12.2 Å². The molecule has 0 aromatic carbocycles. The SMILES string of the molecule is CC(C)(C)OC(=O)N[C@@H]1C=C[C@@H](O)C1. The lowest BCUT2D eigenvalue weighted by atomic mass is 10.2. The Bertz CT molecular complexity index is 242. The lowest BCUT2D eigenvalue weighted by Gasteiger charge is -2.21. The van der Waals surface area contributed by atoms with Gasteiger partial charge in [0.05, 0.1) is 12.1 Å². The molecule has 0 saturated heterocycles. The minimum absolute atomic E-state index is 0.111. The van der Waals surface area contributed by atoms with Crippen molar-refractivity contribution in [1.82, 2.24) is 5.32 Å². The first kappa shape index (κ1) is 11.0. The summed E-state index contributed by atoms with van der Waals surface area (Å²) in [5.41, 5.74) is -0.481. The summed E-state index contributed by atoms with van der Waals surface area (Å²) in [5, 5.41) is 11.8. The van der Waals surface area contributed by atoms with E-state index in [4.69, 9.17) is 9.84 Å². The monoisotopic (exact) mass is 199 g/mol. The summed E-state index contributed by atoms with van der Waals surface area (Å²) in [4.78, 5) is 11.3. The molecule has 14 heavy (non-hydrogen) atoms. The van der Waals surface area contributed by atoms with Gasteiger partial charge in [-0.05, 0) is 20.8 Å². The van der Waals surface area contributed by atoms with Crippen LogP contribution >= 0.6 is 0 Å². The number of aliphatic hydroxyl groups excluding tert-OH is 1. The predicted molar refractivity (Wildman–Crippen MR) is 52.9 cm³/mol. The number of hydrogen-bond acceptors (Lipinski definition) is 3. The molecule has 0 spiro atoms. The quantitative estimate of drug-likeness (QED) is 0.624. The molecule has 4 heteroatoms. The molecule has 1 aliphatic rings. The van der Waals surface area contributed by atoms with Gasteiger partial charge < -0.3 is 15.2 Å². The number of ether oxygens (including phenoxy) is 1. The van der Waals surface area contributed by atoms with Crippen LogP contribution in [-0.4, -0.2) is 28.9 Å². The second kappa shape index (κ2) is 4.00. The van der Waals surface area contributed by atoms with Crippen molar-refractivity contribution in [2.45, 2.75) is 44.9 Å². The largest absolute Gasteiger partial charge is 0.444 e. The van der Waals surface area contributed by atoms with Gasteiger partial charge in [0.15, 0.2) is 0 Å². The maximum atomic E-state index is 11.3. The molecule has 0 aromatic rings. The highest BCUT2D eigenvalue weighted by Gasteiger charge is 2.21. The summed E-state index contributed by atoms with van der Waals surface area (Å²) < 4.78 is 5.07. The molecule has 0 radical (unpaired) electrons. The van der Waals surface area contributed by atoms with Gasteiger partial charge in [0, 0.05) is 6.42 Å². The van der Waals surface area contributed by atoms with Gasteiger partial charge in [-0.2, -0.15) is 0 Å². The highest BCUT2D eigenvalue weighted by atomic mass is 16.6. The summed E-state index contributed by atoms with van der Waals surface area (Å²) >= 11 is 0. The summed E-state index contributed by atoms with van der Waals surface area (Å²) in [6.45, 7) is 5.43.